The van der Waals surface area contributed by atoms with Gasteiger partial charge in [0, 0.05) is 34.7 Å². The third-order valence-electron chi connectivity index (χ3n) is 4.23. The molecule has 0 radical (unpaired) electrons. The van der Waals surface area contributed by atoms with Crippen LogP contribution in [0, 0.1) is 5.92 Å². The first-order chi connectivity index (χ1) is 8.65. The van der Waals surface area contributed by atoms with Crippen molar-refractivity contribution in [3.8, 4) is 0 Å². The van der Waals surface area contributed by atoms with Crippen LogP contribution in [0.4, 0.5) is 0 Å². The first kappa shape index (κ1) is 12.2. The molecule has 2 aromatic rings. The van der Waals surface area contributed by atoms with Crippen LogP contribution in [0.5, 0.6) is 0 Å². The van der Waals surface area contributed by atoms with Gasteiger partial charge in [0.2, 0.25) is 0 Å². The van der Waals surface area contributed by atoms with Gasteiger partial charge in [-0.1, -0.05) is 22.4 Å². The molecule has 2 nitrogen and oxygen atoms in total. The average Bonchev–Trinajstić information content (AvgIpc) is 2.86. The summed E-state index contributed by atoms with van der Waals surface area (Å²) in [5, 5.41) is 1.37. The molecule has 1 heterocycles. The highest BCUT2D eigenvalue weighted by atomic mass is 79.9. The summed E-state index contributed by atoms with van der Waals surface area (Å²) < 4.78 is 3.37. The van der Waals surface area contributed by atoms with Crippen LogP contribution >= 0.6 is 15.9 Å². The van der Waals surface area contributed by atoms with E-state index >= 15 is 0 Å². The van der Waals surface area contributed by atoms with Crippen molar-refractivity contribution in [2.75, 3.05) is 0 Å². The normalized spacial score (nSPS) is 23.9. The third-order valence-corrected chi connectivity index (χ3v) is 4.73. The van der Waals surface area contributed by atoms with Crippen LogP contribution in [0.15, 0.2) is 28.9 Å². The van der Waals surface area contributed by atoms with E-state index in [4.69, 9.17) is 5.73 Å². The maximum atomic E-state index is 6.19. The van der Waals surface area contributed by atoms with E-state index in [1.54, 1.807) is 0 Å². The van der Waals surface area contributed by atoms with Gasteiger partial charge in [0.15, 0.2) is 0 Å². The lowest BCUT2D eigenvalue weighted by Crippen LogP contribution is -2.25. The van der Waals surface area contributed by atoms with E-state index in [9.17, 15) is 0 Å². The van der Waals surface area contributed by atoms with Gasteiger partial charge in [0.05, 0.1) is 0 Å². The van der Waals surface area contributed by atoms with Crippen molar-refractivity contribution in [2.24, 2.45) is 18.7 Å². The van der Waals surface area contributed by atoms with Gasteiger partial charge in [-0.05, 0) is 48.9 Å². The smallest absolute Gasteiger partial charge is 0.0481 e. The van der Waals surface area contributed by atoms with E-state index in [-0.39, 0.29) is 0 Å². The van der Waals surface area contributed by atoms with Crippen molar-refractivity contribution >= 4 is 26.8 Å². The number of aromatic nitrogens is 1. The first-order valence-corrected chi connectivity index (χ1v) is 7.43. The number of benzene rings is 1. The number of aryl methyl sites for hydroxylation is 1. The second kappa shape index (κ2) is 4.71. The summed E-state index contributed by atoms with van der Waals surface area (Å²) in [5.41, 5.74) is 8.94. The summed E-state index contributed by atoms with van der Waals surface area (Å²) in [6.45, 7) is 0. The Morgan fingerprint density at radius 1 is 1.39 bits per heavy atom. The molecule has 0 aliphatic heterocycles. The van der Waals surface area contributed by atoms with Gasteiger partial charge < -0.3 is 10.3 Å². The van der Waals surface area contributed by atoms with Gasteiger partial charge in [-0.3, -0.25) is 0 Å². The molecule has 1 aliphatic rings. The van der Waals surface area contributed by atoms with Crippen LogP contribution in [-0.4, -0.2) is 10.6 Å². The van der Waals surface area contributed by atoms with E-state index in [1.807, 2.05) is 0 Å². The molecule has 0 bridgehead atoms. The standard InChI is InChI=1S/C15H19BrN2/c1-18-9-11(7-10-3-2-4-14(10)17)13-8-12(16)5-6-15(13)18/h5-6,8-10,14H,2-4,7,17H2,1H3. The molecular formula is C15H19BrN2. The van der Waals surface area contributed by atoms with Crippen LogP contribution in [0.1, 0.15) is 24.8 Å². The van der Waals surface area contributed by atoms with Crippen molar-refractivity contribution in [1.82, 2.24) is 4.57 Å². The molecule has 1 aromatic heterocycles. The molecule has 2 unspecified atom stereocenters. The van der Waals surface area contributed by atoms with Crippen molar-refractivity contribution in [2.45, 2.75) is 31.7 Å². The van der Waals surface area contributed by atoms with Gasteiger partial charge in [-0.2, -0.15) is 0 Å². The van der Waals surface area contributed by atoms with E-state index in [0.717, 1.165) is 10.9 Å². The minimum Gasteiger partial charge on any atom is -0.350 e. The number of nitrogens with zero attached hydrogens (tertiary/aromatic N) is 1. The predicted octanol–water partition coefficient (Wildman–Crippen LogP) is 3.61. The highest BCUT2D eigenvalue weighted by Crippen LogP contribution is 2.31. The SMILES string of the molecule is Cn1cc(CC2CCCC2N)c2cc(Br)ccc21. The fraction of sp³-hybridized carbons (Fsp3) is 0.467. The summed E-state index contributed by atoms with van der Waals surface area (Å²) in [4.78, 5) is 0. The number of halogens is 1. The van der Waals surface area contributed by atoms with Crippen molar-refractivity contribution in [3.63, 3.8) is 0 Å². The highest BCUT2D eigenvalue weighted by Gasteiger charge is 2.25. The van der Waals surface area contributed by atoms with Crippen LogP contribution in [0.3, 0.4) is 0 Å². The zero-order valence-corrected chi connectivity index (χ0v) is 12.3. The lowest BCUT2D eigenvalue weighted by atomic mass is 9.95. The first-order valence-electron chi connectivity index (χ1n) is 6.64. The minimum absolute atomic E-state index is 0.396. The Kier molecular flexibility index (Phi) is 3.20. The summed E-state index contributed by atoms with van der Waals surface area (Å²) in [7, 11) is 2.12. The molecule has 0 spiro atoms. The Labute approximate surface area is 116 Å². The lowest BCUT2D eigenvalue weighted by Gasteiger charge is -2.14. The van der Waals surface area contributed by atoms with Gasteiger partial charge in [0.1, 0.15) is 0 Å². The molecule has 0 amide bonds. The van der Waals surface area contributed by atoms with Crippen LogP contribution in [0.25, 0.3) is 10.9 Å². The average molecular weight is 307 g/mol. The quantitative estimate of drug-likeness (QED) is 0.903. The topological polar surface area (TPSA) is 30.9 Å². The molecule has 0 saturated heterocycles. The summed E-state index contributed by atoms with van der Waals surface area (Å²) in [6.07, 6.45) is 7.15. The second-order valence-electron chi connectivity index (χ2n) is 5.49. The number of hydrogen-bond acceptors (Lipinski definition) is 1. The zero-order chi connectivity index (χ0) is 12.7. The van der Waals surface area contributed by atoms with Crippen LogP contribution in [0.2, 0.25) is 0 Å². The minimum atomic E-state index is 0.396. The summed E-state index contributed by atoms with van der Waals surface area (Å²) in [6, 6.07) is 6.91. The van der Waals surface area contributed by atoms with E-state index in [1.165, 1.54) is 35.7 Å². The summed E-state index contributed by atoms with van der Waals surface area (Å²) >= 11 is 3.57. The predicted molar refractivity (Wildman–Crippen MR) is 79.6 cm³/mol. The summed E-state index contributed by atoms with van der Waals surface area (Å²) in [5.74, 6) is 0.662. The Hall–Kier alpha value is -0.800. The van der Waals surface area contributed by atoms with E-state index in [0.29, 0.717) is 12.0 Å². The number of hydrogen-bond donors (Lipinski definition) is 1. The Morgan fingerprint density at radius 3 is 2.94 bits per heavy atom. The highest BCUT2D eigenvalue weighted by molar-refractivity contribution is 9.10. The van der Waals surface area contributed by atoms with Crippen molar-refractivity contribution in [1.29, 1.82) is 0 Å². The molecule has 3 rings (SSSR count). The molecule has 18 heavy (non-hydrogen) atoms. The molecule has 3 heteroatoms. The maximum absolute atomic E-state index is 6.19. The molecular weight excluding hydrogens is 288 g/mol. The van der Waals surface area contributed by atoms with Crippen LogP contribution in [-0.2, 0) is 13.5 Å². The van der Waals surface area contributed by atoms with Crippen molar-refractivity contribution in [3.05, 3.63) is 34.4 Å². The number of nitrogens with two attached hydrogens (primary N) is 1. The molecule has 2 atom stereocenters. The number of rotatable bonds is 2. The second-order valence-corrected chi connectivity index (χ2v) is 6.40. The molecule has 2 N–H and O–H groups in total. The third kappa shape index (κ3) is 2.10. The van der Waals surface area contributed by atoms with E-state index in [2.05, 4.69) is 51.9 Å². The van der Waals surface area contributed by atoms with Crippen LogP contribution < -0.4 is 5.73 Å². The van der Waals surface area contributed by atoms with Gasteiger partial charge in [0.25, 0.3) is 0 Å². The van der Waals surface area contributed by atoms with Crippen molar-refractivity contribution < 1.29 is 0 Å². The Balaban J connectivity index is 1.98. The monoisotopic (exact) mass is 306 g/mol. The Bertz CT molecular complexity index is 573. The Morgan fingerprint density at radius 2 is 2.22 bits per heavy atom. The van der Waals surface area contributed by atoms with E-state index < -0.39 is 0 Å². The molecule has 1 fully saturated rings. The zero-order valence-electron chi connectivity index (χ0n) is 10.7. The fourth-order valence-corrected chi connectivity index (χ4v) is 3.57. The fourth-order valence-electron chi connectivity index (χ4n) is 3.21. The molecule has 1 aliphatic carbocycles. The molecule has 1 saturated carbocycles. The van der Waals surface area contributed by atoms with Gasteiger partial charge in [-0.25, -0.2) is 0 Å². The van der Waals surface area contributed by atoms with Gasteiger partial charge in [-0.15, -0.1) is 0 Å². The largest absolute Gasteiger partial charge is 0.350 e. The van der Waals surface area contributed by atoms with Gasteiger partial charge >= 0.3 is 0 Å². The molecule has 96 valence electrons. The maximum Gasteiger partial charge on any atom is 0.0481 e. The number of fused-ring (bicyclic) bond motifs is 1. The lowest BCUT2D eigenvalue weighted by molar-refractivity contribution is 0.480. The molecule has 1 aromatic carbocycles.